The van der Waals surface area contributed by atoms with Crippen LogP contribution in [0.1, 0.15) is 49.7 Å². The summed E-state index contributed by atoms with van der Waals surface area (Å²) in [5.41, 5.74) is 0. The zero-order valence-corrected chi connectivity index (χ0v) is 12.1. The summed E-state index contributed by atoms with van der Waals surface area (Å²) in [5.74, 6) is 3.29. The highest BCUT2D eigenvalue weighted by Crippen LogP contribution is 2.38. The molecule has 0 aromatic carbocycles. The molecular formula is C15H24N4O. The summed E-state index contributed by atoms with van der Waals surface area (Å²) >= 11 is 0. The fourth-order valence-corrected chi connectivity index (χ4v) is 3.20. The van der Waals surface area contributed by atoms with Crippen molar-refractivity contribution in [2.45, 2.75) is 44.6 Å². The molecular weight excluding hydrogens is 252 g/mol. The minimum atomic E-state index is 0.565. The van der Waals surface area contributed by atoms with E-state index in [4.69, 9.17) is 4.52 Å². The van der Waals surface area contributed by atoms with Crippen LogP contribution in [0.15, 0.2) is 4.52 Å². The second kappa shape index (κ2) is 5.45. The standard InChI is InChI=1S/C15H24N4O/c1-2-12(3-1)10-18-6-8-19(9-7-18)11-14-16-15(20-17-14)13-4-5-13/h12-13H,1-11H2. The largest absolute Gasteiger partial charge is 0.339 e. The van der Waals surface area contributed by atoms with Gasteiger partial charge in [0, 0.05) is 38.6 Å². The molecule has 5 nitrogen and oxygen atoms in total. The predicted octanol–water partition coefficient (Wildman–Crippen LogP) is 1.86. The predicted molar refractivity (Wildman–Crippen MR) is 75.3 cm³/mol. The first-order valence-electron chi connectivity index (χ1n) is 8.14. The van der Waals surface area contributed by atoms with Gasteiger partial charge in [-0.1, -0.05) is 11.6 Å². The quantitative estimate of drug-likeness (QED) is 0.821. The summed E-state index contributed by atoms with van der Waals surface area (Å²) in [6.07, 6.45) is 6.80. The van der Waals surface area contributed by atoms with Crippen LogP contribution < -0.4 is 0 Å². The van der Waals surface area contributed by atoms with Crippen molar-refractivity contribution in [2.75, 3.05) is 32.7 Å². The van der Waals surface area contributed by atoms with Gasteiger partial charge >= 0.3 is 0 Å². The van der Waals surface area contributed by atoms with Crippen LogP contribution >= 0.6 is 0 Å². The molecule has 0 radical (unpaired) electrons. The van der Waals surface area contributed by atoms with Crippen molar-refractivity contribution in [2.24, 2.45) is 5.92 Å². The first-order chi connectivity index (χ1) is 9.87. The number of hydrogen-bond acceptors (Lipinski definition) is 5. The molecule has 0 amide bonds. The van der Waals surface area contributed by atoms with Crippen LogP contribution in [0.2, 0.25) is 0 Å². The Bertz CT molecular complexity index is 444. The number of rotatable bonds is 5. The Morgan fingerprint density at radius 3 is 2.40 bits per heavy atom. The monoisotopic (exact) mass is 276 g/mol. The van der Waals surface area contributed by atoms with E-state index in [1.807, 2.05) is 0 Å². The molecule has 0 bridgehead atoms. The number of hydrogen-bond donors (Lipinski definition) is 0. The number of aromatic nitrogens is 2. The van der Waals surface area contributed by atoms with Crippen molar-refractivity contribution in [1.29, 1.82) is 0 Å². The fourth-order valence-electron chi connectivity index (χ4n) is 3.20. The summed E-state index contributed by atoms with van der Waals surface area (Å²) in [6.45, 7) is 6.85. The molecule has 2 saturated carbocycles. The lowest BCUT2D eigenvalue weighted by molar-refractivity contribution is 0.0948. The number of piperazine rings is 1. The van der Waals surface area contributed by atoms with E-state index in [9.17, 15) is 0 Å². The van der Waals surface area contributed by atoms with E-state index in [1.165, 1.54) is 51.7 Å². The van der Waals surface area contributed by atoms with Crippen molar-refractivity contribution in [3.05, 3.63) is 11.7 Å². The summed E-state index contributed by atoms with van der Waals surface area (Å²) in [7, 11) is 0. The SMILES string of the molecule is C1CC(CN2CCN(Cc3noc(C4CC4)n3)CC2)C1. The van der Waals surface area contributed by atoms with Gasteiger partial charge in [-0.3, -0.25) is 4.90 Å². The Kier molecular flexibility index (Phi) is 3.48. The molecule has 2 aliphatic carbocycles. The molecule has 20 heavy (non-hydrogen) atoms. The maximum atomic E-state index is 5.33. The lowest BCUT2D eigenvalue weighted by Crippen LogP contribution is -2.48. The van der Waals surface area contributed by atoms with Gasteiger partial charge < -0.3 is 9.42 Å². The van der Waals surface area contributed by atoms with E-state index in [-0.39, 0.29) is 0 Å². The topological polar surface area (TPSA) is 45.4 Å². The Hall–Kier alpha value is -0.940. The van der Waals surface area contributed by atoms with Gasteiger partial charge in [0.1, 0.15) is 0 Å². The van der Waals surface area contributed by atoms with Gasteiger partial charge in [0.25, 0.3) is 0 Å². The third-order valence-corrected chi connectivity index (χ3v) is 4.98. The first kappa shape index (κ1) is 12.8. The lowest BCUT2D eigenvalue weighted by Gasteiger charge is -2.38. The first-order valence-corrected chi connectivity index (χ1v) is 8.14. The average molecular weight is 276 g/mol. The molecule has 0 spiro atoms. The highest BCUT2D eigenvalue weighted by molar-refractivity contribution is 5.01. The van der Waals surface area contributed by atoms with Gasteiger partial charge in [-0.2, -0.15) is 4.98 Å². The Morgan fingerprint density at radius 1 is 1.00 bits per heavy atom. The highest BCUT2D eigenvalue weighted by Gasteiger charge is 2.30. The molecule has 0 unspecified atom stereocenters. The Labute approximate surface area is 120 Å². The van der Waals surface area contributed by atoms with Crippen molar-refractivity contribution in [3.63, 3.8) is 0 Å². The normalized spacial score (nSPS) is 25.8. The van der Waals surface area contributed by atoms with Crippen molar-refractivity contribution >= 4 is 0 Å². The van der Waals surface area contributed by atoms with E-state index in [0.29, 0.717) is 5.92 Å². The smallest absolute Gasteiger partial charge is 0.229 e. The lowest BCUT2D eigenvalue weighted by atomic mass is 9.85. The molecule has 5 heteroatoms. The van der Waals surface area contributed by atoms with Crippen LogP contribution in [0, 0.1) is 5.92 Å². The third kappa shape index (κ3) is 2.88. The zero-order chi connectivity index (χ0) is 13.4. The molecule has 1 aromatic rings. The maximum absolute atomic E-state index is 5.33. The molecule has 3 aliphatic rings. The second-order valence-corrected chi connectivity index (χ2v) is 6.70. The van der Waals surface area contributed by atoms with Gasteiger partial charge in [-0.05, 0) is 31.6 Å². The molecule has 110 valence electrons. The van der Waals surface area contributed by atoms with Crippen molar-refractivity contribution in [1.82, 2.24) is 19.9 Å². The minimum absolute atomic E-state index is 0.565. The van der Waals surface area contributed by atoms with Crippen molar-refractivity contribution in [3.8, 4) is 0 Å². The summed E-state index contributed by atoms with van der Waals surface area (Å²) in [4.78, 5) is 9.61. The molecule has 2 heterocycles. The maximum Gasteiger partial charge on any atom is 0.229 e. The van der Waals surface area contributed by atoms with Crippen LogP contribution in [-0.2, 0) is 6.54 Å². The average Bonchev–Trinajstić information content (AvgIpc) is 3.17. The molecule has 1 aromatic heterocycles. The fraction of sp³-hybridized carbons (Fsp3) is 0.867. The number of nitrogens with zero attached hydrogens (tertiary/aromatic N) is 4. The molecule has 0 N–H and O–H groups in total. The summed E-state index contributed by atoms with van der Waals surface area (Å²) in [5, 5.41) is 4.12. The molecule has 1 aliphatic heterocycles. The zero-order valence-electron chi connectivity index (χ0n) is 12.1. The van der Waals surface area contributed by atoms with E-state index in [2.05, 4.69) is 19.9 Å². The van der Waals surface area contributed by atoms with E-state index in [1.54, 1.807) is 0 Å². The van der Waals surface area contributed by atoms with Crippen LogP contribution in [0.5, 0.6) is 0 Å². The summed E-state index contributed by atoms with van der Waals surface area (Å²) in [6, 6.07) is 0. The van der Waals surface area contributed by atoms with Gasteiger partial charge in [-0.25, -0.2) is 0 Å². The van der Waals surface area contributed by atoms with Gasteiger partial charge in [0.05, 0.1) is 6.54 Å². The van der Waals surface area contributed by atoms with E-state index >= 15 is 0 Å². The summed E-state index contributed by atoms with van der Waals surface area (Å²) < 4.78 is 5.33. The Balaban J connectivity index is 1.23. The van der Waals surface area contributed by atoms with E-state index in [0.717, 1.165) is 37.3 Å². The highest BCUT2D eigenvalue weighted by atomic mass is 16.5. The van der Waals surface area contributed by atoms with Gasteiger partial charge in [-0.15, -0.1) is 0 Å². The third-order valence-electron chi connectivity index (χ3n) is 4.98. The van der Waals surface area contributed by atoms with Gasteiger partial charge in [0.2, 0.25) is 5.89 Å². The molecule has 0 atom stereocenters. The van der Waals surface area contributed by atoms with Crippen molar-refractivity contribution < 1.29 is 4.52 Å². The van der Waals surface area contributed by atoms with Crippen LogP contribution in [0.3, 0.4) is 0 Å². The van der Waals surface area contributed by atoms with Crippen LogP contribution in [-0.4, -0.2) is 52.7 Å². The van der Waals surface area contributed by atoms with Gasteiger partial charge in [0.15, 0.2) is 5.82 Å². The molecule has 1 saturated heterocycles. The van der Waals surface area contributed by atoms with E-state index < -0.39 is 0 Å². The minimum Gasteiger partial charge on any atom is -0.339 e. The molecule has 3 fully saturated rings. The Morgan fingerprint density at radius 2 is 1.75 bits per heavy atom. The van der Waals surface area contributed by atoms with Crippen LogP contribution in [0.25, 0.3) is 0 Å². The molecule has 4 rings (SSSR count). The van der Waals surface area contributed by atoms with Crippen LogP contribution in [0.4, 0.5) is 0 Å². The second-order valence-electron chi connectivity index (χ2n) is 6.70.